The Morgan fingerprint density at radius 1 is 1.38 bits per heavy atom. The number of ether oxygens (including phenoxy) is 1. The van der Waals surface area contributed by atoms with Crippen LogP contribution in [0.2, 0.25) is 0 Å². The molecule has 1 atom stereocenters. The average molecular weight is 226 g/mol. The molecule has 2 rings (SSSR count). The van der Waals surface area contributed by atoms with E-state index in [4.69, 9.17) is 0 Å². The molecule has 1 aliphatic rings. The Hall–Kier alpha value is -1.12. The summed E-state index contributed by atoms with van der Waals surface area (Å²) >= 11 is 0. The van der Waals surface area contributed by atoms with Gasteiger partial charge in [0.1, 0.15) is 5.75 Å². The van der Waals surface area contributed by atoms with Gasteiger partial charge in [0.05, 0.1) is 0 Å². The summed E-state index contributed by atoms with van der Waals surface area (Å²) in [5.74, 6) is 1.04. The van der Waals surface area contributed by atoms with Crippen LogP contribution in [0.3, 0.4) is 0 Å². The van der Waals surface area contributed by atoms with E-state index in [9.17, 15) is 8.78 Å². The molecule has 0 heterocycles. The molecule has 0 amide bonds. The fourth-order valence-electron chi connectivity index (χ4n) is 2.37. The predicted molar refractivity (Wildman–Crippen MR) is 59.0 cm³/mol. The minimum Gasteiger partial charge on any atom is -0.434 e. The third-order valence-corrected chi connectivity index (χ3v) is 3.22. The Morgan fingerprint density at radius 2 is 2.12 bits per heavy atom. The van der Waals surface area contributed by atoms with Gasteiger partial charge in [0.2, 0.25) is 0 Å². The molecule has 0 bridgehead atoms. The van der Waals surface area contributed by atoms with Crippen molar-refractivity contribution in [3.63, 3.8) is 0 Å². The van der Waals surface area contributed by atoms with Crippen LogP contribution in [0.25, 0.3) is 0 Å². The number of fused-ring (bicyclic) bond motifs is 1. The van der Waals surface area contributed by atoms with Crippen LogP contribution < -0.4 is 4.74 Å². The van der Waals surface area contributed by atoms with Crippen LogP contribution in [0.4, 0.5) is 8.78 Å². The van der Waals surface area contributed by atoms with E-state index in [0.29, 0.717) is 11.7 Å². The zero-order valence-corrected chi connectivity index (χ0v) is 9.59. The maximum absolute atomic E-state index is 12.3. The number of hydrogen-bond donors (Lipinski definition) is 0. The molecule has 0 aliphatic heterocycles. The molecule has 1 aliphatic carbocycles. The van der Waals surface area contributed by atoms with Gasteiger partial charge in [-0.15, -0.1) is 0 Å². The zero-order valence-electron chi connectivity index (χ0n) is 9.59. The molecule has 0 radical (unpaired) electrons. The third kappa shape index (κ3) is 2.18. The lowest BCUT2D eigenvalue weighted by molar-refractivity contribution is -0.0510. The number of aryl methyl sites for hydroxylation is 1. The van der Waals surface area contributed by atoms with Gasteiger partial charge in [0, 0.05) is 0 Å². The van der Waals surface area contributed by atoms with E-state index in [2.05, 4.69) is 11.7 Å². The van der Waals surface area contributed by atoms with E-state index in [1.54, 1.807) is 0 Å². The highest BCUT2D eigenvalue weighted by atomic mass is 19.3. The van der Waals surface area contributed by atoms with Gasteiger partial charge in [-0.2, -0.15) is 8.78 Å². The molecule has 3 heteroatoms. The van der Waals surface area contributed by atoms with Crippen molar-refractivity contribution in [2.75, 3.05) is 0 Å². The second kappa shape index (κ2) is 4.40. The number of alkyl halides is 2. The predicted octanol–water partition coefficient (Wildman–Crippen LogP) is 3.72. The average Bonchev–Trinajstić information content (AvgIpc) is 2.22. The molecule has 1 aromatic rings. The van der Waals surface area contributed by atoms with Crippen LogP contribution in [-0.4, -0.2) is 6.61 Å². The van der Waals surface area contributed by atoms with Crippen molar-refractivity contribution in [3.8, 4) is 5.75 Å². The summed E-state index contributed by atoms with van der Waals surface area (Å²) in [6, 6.07) is 3.91. The maximum atomic E-state index is 12.3. The number of halogens is 2. The van der Waals surface area contributed by atoms with Gasteiger partial charge in [-0.05, 0) is 48.8 Å². The molecule has 0 aromatic heterocycles. The second-order valence-corrected chi connectivity index (χ2v) is 4.58. The minimum atomic E-state index is -2.73. The van der Waals surface area contributed by atoms with Crippen molar-refractivity contribution in [1.82, 2.24) is 0 Å². The van der Waals surface area contributed by atoms with E-state index in [1.165, 1.54) is 5.56 Å². The molecular formula is C13H16F2O. The summed E-state index contributed by atoms with van der Waals surface area (Å²) in [4.78, 5) is 0. The molecule has 0 fully saturated rings. The van der Waals surface area contributed by atoms with E-state index in [0.717, 1.165) is 30.4 Å². The number of hydrogen-bond acceptors (Lipinski definition) is 1. The molecular weight excluding hydrogens is 210 g/mol. The van der Waals surface area contributed by atoms with E-state index >= 15 is 0 Å². The highest BCUT2D eigenvalue weighted by Crippen LogP contribution is 2.35. The molecule has 1 aromatic carbocycles. The molecule has 1 unspecified atom stereocenters. The molecule has 0 saturated carbocycles. The van der Waals surface area contributed by atoms with Gasteiger partial charge in [0.15, 0.2) is 0 Å². The topological polar surface area (TPSA) is 9.23 Å². The van der Waals surface area contributed by atoms with E-state index < -0.39 is 6.61 Å². The van der Waals surface area contributed by atoms with Crippen LogP contribution in [-0.2, 0) is 12.8 Å². The lowest BCUT2D eigenvalue weighted by Crippen LogP contribution is -2.15. The Kier molecular flexibility index (Phi) is 3.13. The minimum absolute atomic E-state index is 0.402. The van der Waals surface area contributed by atoms with Crippen molar-refractivity contribution >= 4 is 0 Å². The summed E-state index contributed by atoms with van der Waals surface area (Å²) in [5.41, 5.74) is 2.95. The first kappa shape index (κ1) is 11.4. The summed E-state index contributed by atoms with van der Waals surface area (Å²) in [6.07, 6.45) is 2.87. The van der Waals surface area contributed by atoms with Crippen LogP contribution >= 0.6 is 0 Å². The first-order valence-corrected chi connectivity index (χ1v) is 5.64. The lowest BCUT2D eigenvalue weighted by atomic mass is 9.83. The van der Waals surface area contributed by atoms with Crippen molar-refractivity contribution in [1.29, 1.82) is 0 Å². The van der Waals surface area contributed by atoms with Gasteiger partial charge >= 0.3 is 6.61 Å². The van der Waals surface area contributed by atoms with Crippen molar-refractivity contribution < 1.29 is 13.5 Å². The fourth-order valence-corrected chi connectivity index (χ4v) is 2.37. The van der Waals surface area contributed by atoms with Gasteiger partial charge in [-0.3, -0.25) is 0 Å². The third-order valence-electron chi connectivity index (χ3n) is 3.22. The molecule has 0 saturated heterocycles. The summed E-state index contributed by atoms with van der Waals surface area (Å²) in [7, 11) is 0. The number of benzene rings is 1. The van der Waals surface area contributed by atoms with Gasteiger partial charge in [0.25, 0.3) is 0 Å². The maximum Gasteiger partial charge on any atom is 0.387 e. The molecule has 16 heavy (non-hydrogen) atoms. The Labute approximate surface area is 94.4 Å². The highest BCUT2D eigenvalue weighted by Gasteiger charge is 2.21. The van der Waals surface area contributed by atoms with E-state index in [1.807, 2.05) is 19.1 Å². The van der Waals surface area contributed by atoms with Crippen LogP contribution in [0.5, 0.6) is 5.75 Å². The van der Waals surface area contributed by atoms with Crippen LogP contribution in [0.1, 0.15) is 30.0 Å². The smallest absolute Gasteiger partial charge is 0.387 e. The molecule has 0 spiro atoms. The van der Waals surface area contributed by atoms with Crippen molar-refractivity contribution in [2.45, 2.75) is 39.7 Å². The summed E-state index contributed by atoms with van der Waals surface area (Å²) in [6.45, 7) is 1.27. The normalized spacial score (nSPS) is 19.7. The van der Waals surface area contributed by atoms with Gasteiger partial charge < -0.3 is 4.74 Å². The van der Waals surface area contributed by atoms with Gasteiger partial charge in [-0.25, -0.2) is 0 Å². The fraction of sp³-hybridized carbons (Fsp3) is 0.538. The monoisotopic (exact) mass is 226 g/mol. The quantitative estimate of drug-likeness (QED) is 0.746. The highest BCUT2D eigenvalue weighted by molar-refractivity contribution is 5.47. The van der Waals surface area contributed by atoms with Gasteiger partial charge in [-0.1, -0.05) is 19.1 Å². The zero-order chi connectivity index (χ0) is 11.7. The first-order valence-electron chi connectivity index (χ1n) is 5.64. The molecule has 88 valence electrons. The first-order chi connectivity index (χ1) is 7.58. The summed E-state index contributed by atoms with van der Waals surface area (Å²) < 4.78 is 29.3. The lowest BCUT2D eigenvalue weighted by Gasteiger charge is -2.24. The number of rotatable bonds is 2. The molecule has 0 N–H and O–H groups in total. The van der Waals surface area contributed by atoms with Crippen molar-refractivity contribution in [3.05, 3.63) is 28.8 Å². The SMILES string of the molecule is Cc1ccc2c(c1OC(F)F)CCC(C)C2. The van der Waals surface area contributed by atoms with E-state index in [-0.39, 0.29) is 0 Å². The molecule has 1 nitrogen and oxygen atoms in total. The standard InChI is InChI=1S/C13H16F2O/c1-8-3-6-11-10(7-8)5-4-9(2)12(11)16-13(14)15/h4-5,8,13H,3,6-7H2,1-2H3. The Bertz CT molecular complexity index is 388. The largest absolute Gasteiger partial charge is 0.434 e. The Morgan fingerprint density at radius 3 is 2.81 bits per heavy atom. The van der Waals surface area contributed by atoms with Crippen molar-refractivity contribution in [2.24, 2.45) is 5.92 Å². The van der Waals surface area contributed by atoms with Crippen LogP contribution in [0, 0.1) is 12.8 Å². The second-order valence-electron chi connectivity index (χ2n) is 4.58. The summed E-state index contributed by atoms with van der Waals surface area (Å²) in [5, 5.41) is 0. The Balaban J connectivity index is 2.39. The van der Waals surface area contributed by atoms with Crippen LogP contribution in [0.15, 0.2) is 12.1 Å².